The highest BCUT2D eigenvalue weighted by molar-refractivity contribution is 5.92. The van der Waals surface area contributed by atoms with E-state index in [-0.39, 0.29) is 12.6 Å². The number of carbonyl (C=O) groups excluding carboxylic acids is 2. The van der Waals surface area contributed by atoms with E-state index in [9.17, 15) is 9.59 Å². The van der Waals surface area contributed by atoms with Gasteiger partial charge in [0, 0.05) is 24.7 Å². The Balaban J connectivity index is 1.82. The first-order valence-electron chi connectivity index (χ1n) is 7.48. The fraction of sp³-hybridized carbons (Fsp3) is 0.158. The first-order chi connectivity index (χ1) is 11.6. The lowest BCUT2D eigenvalue weighted by Crippen LogP contribution is -2.36. The molecule has 3 N–H and O–H groups in total. The molecule has 0 aliphatic heterocycles. The molecule has 122 valence electrons. The Morgan fingerprint density at radius 1 is 1.08 bits per heavy atom. The average molecular weight is 321 g/mol. The summed E-state index contributed by atoms with van der Waals surface area (Å²) in [5.74, 6) is 5.42. The summed E-state index contributed by atoms with van der Waals surface area (Å²) in [7, 11) is 1.70. The number of amides is 3. The molecule has 0 aliphatic rings. The molecule has 0 heterocycles. The minimum atomic E-state index is -0.468. The van der Waals surface area contributed by atoms with E-state index in [1.54, 1.807) is 36.2 Å². The third-order valence-corrected chi connectivity index (χ3v) is 3.34. The summed E-state index contributed by atoms with van der Waals surface area (Å²) in [6, 6.07) is 16.2. The standard InChI is InChI=1S/C19H19N3O2/c1-22(14-16-9-11-17(12-10-16)18(20)23)19(24)21-13-5-8-15-6-3-2-4-7-15/h2-4,6-7,9-12H,13-14H2,1H3,(H2,20,23)(H,21,24). The number of nitrogens with two attached hydrogens (primary N) is 1. The molecule has 24 heavy (non-hydrogen) atoms. The molecule has 0 unspecified atom stereocenters. The van der Waals surface area contributed by atoms with Crippen LogP contribution in [0.25, 0.3) is 0 Å². The molecule has 5 heteroatoms. The SMILES string of the molecule is CN(Cc1ccc(C(N)=O)cc1)C(=O)NCC#Cc1ccccc1. The number of nitrogens with one attached hydrogen (secondary N) is 1. The fourth-order valence-electron chi connectivity index (χ4n) is 2.04. The molecule has 0 atom stereocenters. The average Bonchev–Trinajstić information content (AvgIpc) is 2.60. The molecule has 2 aromatic carbocycles. The van der Waals surface area contributed by atoms with E-state index in [0.29, 0.717) is 12.1 Å². The lowest BCUT2D eigenvalue weighted by molar-refractivity contribution is 0.1000. The van der Waals surface area contributed by atoms with Crippen molar-refractivity contribution in [3.05, 3.63) is 71.3 Å². The third-order valence-electron chi connectivity index (χ3n) is 3.34. The molecule has 3 amide bonds. The zero-order valence-electron chi connectivity index (χ0n) is 13.5. The van der Waals surface area contributed by atoms with Crippen molar-refractivity contribution < 1.29 is 9.59 Å². The van der Waals surface area contributed by atoms with E-state index in [0.717, 1.165) is 11.1 Å². The largest absolute Gasteiger partial charge is 0.366 e. The molecule has 0 bridgehead atoms. The molecule has 2 aromatic rings. The Hall–Kier alpha value is -3.26. The molecule has 0 spiro atoms. The zero-order valence-corrected chi connectivity index (χ0v) is 13.5. The number of hydrogen-bond acceptors (Lipinski definition) is 2. The normalized spacial score (nSPS) is 9.54. The molecule has 0 aromatic heterocycles. The van der Waals surface area contributed by atoms with Crippen molar-refractivity contribution in [2.24, 2.45) is 5.73 Å². The Labute approximate surface area is 141 Å². The number of rotatable bonds is 4. The number of urea groups is 1. The van der Waals surface area contributed by atoms with Crippen LogP contribution in [0.5, 0.6) is 0 Å². The number of nitrogens with zero attached hydrogens (tertiary/aromatic N) is 1. The van der Waals surface area contributed by atoms with Crippen LogP contribution in [0.1, 0.15) is 21.5 Å². The molecular weight excluding hydrogens is 302 g/mol. The van der Waals surface area contributed by atoms with E-state index in [4.69, 9.17) is 5.73 Å². The molecule has 0 aliphatic carbocycles. The van der Waals surface area contributed by atoms with Crippen LogP contribution in [-0.4, -0.2) is 30.4 Å². The van der Waals surface area contributed by atoms with Gasteiger partial charge in [-0.15, -0.1) is 0 Å². The highest BCUT2D eigenvalue weighted by Gasteiger charge is 2.08. The Morgan fingerprint density at radius 2 is 1.75 bits per heavy atom. The zero-order chi connectivity index (χ0) is 17.4. The van der Waals surface area contributed by atoms with Gasteiger partial charge in [-0.1, -0.05) is 42.2 Å². The smallest absolute Gasteiger partial charge is 0.318 e. The summed E-state index contributed by atoms with van der Waals surface area (Å²) in [5.41, 5.74) is 7.47. The van der Waals surface area contributed by atoms with Gasteiger partial charge >= 0.3 is 6.03 Å². The summed E-state index contributed by atoms with van der Waals surface area (Å²) in [5, 5.41) is 2.74. The van der Waals surface area contributed by atoms with Crippen LogP contribution in [0, 0.1) is 11.8 Å². The van der Waals surface area contributed by atoms with Crippen molar-refractivity contribution in [1.29, 1.82) is 0 Å². The first-order valence-corrected chi connectivity index (χ1v) is 7.48. The predicted molar refractivity (Wildman–Crippen MR) is 93.1 cm³/mol. The summed E-state index contributed by atoms with van der Waals surface area (Å²) >= 11 is 0. The second kappa shape index (κ2) is 8.39. The van der Waals surface area contributed by atoms with Crippen molar-refractivity contribution in [1.82, 2.24) is 10.2 Å². The fourth-order valence-corrected chi connectivity index (χ4v) is 2.04. The van der Waals surface area contributed by atoms with Crippen LogP contribution < -0.4 is 11.1 Å². The van der Waals surface area contributed by atoms with E-state index < -0.39 is 5.91 Å². The van der Waals surface area contributed by atoms with Crippen LogP contribution in [0.4, 0.5) is 4.79 Å². The van der Waals surface area contributed by atoms with Gasteiger partial charge in [0.15, 0.2) is 0 Å². The number of primary amides is 1. The Kier molecular flexibility index (Phi) is 5.98. The second-order valence-electron chi connectivity index (χ2n) is 5.24. The van der Waals surface area contributed by atoms with Crippen molar-refractivity contribution >= 4 is 11.9 Å². The summed E-state index contributed by atoms with van der Waals surface area (Å²) < 4.78 is 0. The number of carbonyl (C=O) groups is 2. The van der Waals surface area contributed by atoms with E-state index >= 15 is 0 Å². The van der Waals surface area contributed by atoms with Gasteiger partial charge in [-0.3, -0.25) is 4.79 Å². The molecular formula is C19H19N3O2. The summed E-state index contributed by atoms with van der Waals surface area (Å²) in [4.78, 5) is 24.6. The third kappa shape index (κ3) is 5.18. The van der Waals surface area contributed by atoms with Crippen molar-refractivity contribution in [3.8, 4) is 11.8 Å². The van der Waals surface area contributed by atoms with Gasteiger partial charge in [-0.2, -0.15) is 0 Å². The molecule has 0 saturated heterocycles. The second-order valence-corrected chi connectivity index (χ2v) is 5.24. The van der Waals surface area contributed by atoms with Gasteiger partial charge in [0.2, 0.25) is 5.91 Å². The quantitative estimate of drug-likeness (QED) is 0.845. The molecule has 2 rings (SSSR count). The highest BCUT2D eigenvalue weighted by atomic mass is 16.2. The van der Waals surface area contributed by atoms with Crippen molar-refractivity contribution in [3.63, 3.8) is 0 Å². The minimum absolute atomic E-state index is 0.212. The van der Waals surface area contributed by atoms with Crippen LogP contribution >= 0.6 is 0 Å². The summed E-state index contributed by atoms with van der Waals surface area (Å²) in [6.45, 7) is 0.704. The highest BCUT2D eigenvalue weighted by Crippen LogP contribution is 2.06. The monoisotopic (exact) mass is 321 g/mol. The van der Waals surface area contributed by atoms with Crippen molar-refractivity contribution in [2.75, 3.05) is 13.6 Å². The van der Waals surface area contributed by atoms with Gasteiger partial charge < -0.3 is 16.0 Å². The van der Waals surface area contributed by atoms with Crippen LogP contribution in [0.15, 0.2) is 54.6 Å². The van der Waals surface area contributed by atoms with Gasteiger partial charge in [-0.05, 0) is 29.8 Å². The van der Waals surface area contributed by atoms with Gasteiger partial charge in [-0.25, -0.2) is 4.79 Å². The van der Waals surface area contributed by atoms with Crippen LogP contribution in [0.3, 0.4) is 0 Å². The van der Waals surface area contributed by atoms with E-state index in [1.165, 1.54) is 0 Å². The van der Waals surface area contributed by atoms with Crippen LogP contribution in [-0.2, 0) is 6.54 Å². The van der Waals surface area contributed by atoms with Gasteiger partial charge in [0.05, 0.1) is 6.54 Å². The Bertz CT molecular complexity index is 759. The maximum absolute atomic E-state index is 12.0. The lowest BCUT2D eigenvalue weighted by atomic mass is 10.1. The number of benzene rings is 2. The first kappa shape index (κ1) is 17.1. The maximum Gasteiger partial charge on any atom is 0.318 e. The van der Waals surface area contributed by atoms with E-state index in [2.05, 4.69) is 17.2 Å². The minimum Gasteiger partial charge on any atom is -0.366 e. The summed E-state index contributed by atoms with van der Waals surface area (Å²) in [6.07, 6.45) is 0. The van der Waals surface area contributed by atoms with Gasteiger partial charge in [0.25, 0.3) is 0 Å². The molecule has 0 radical (unpaired) electrons. The topological polar surface area (TPSA) is 75.4 Å². The number of hydrogen-bond donors (Lipinski definition) is 2. The molecule has 0 saturated carbocycles. The van der Waals surface area contributed by atoms with Crippen molar-refractivity contribution in [2.45, 2.75) is 6.54 Å². The Morgan fingerprint density at radius 3 is 2.38 bits per heavy atom. The molecule has 5 nitrogen and oxygen atoms in total. The lowest BCUT2D eigenvalue weighted by Gasteiger charge is -2.17. The predicted octanol–water partition coefficient (Wildman–Crippen LogP) is 1.98. The maximum atomic E-state index is 12.0. The molecule has 0 fully saturated rings. The van der Waals surface area contributed by atoms with E-state index in [1.807, 2.05) is 30.3 Å². The van der Waals surface area contributed by atoms with Gasteiger partial charge in [0.1, 0.15) is 0 Å². The van der Waals surface area contributed by atoms with Crippen LogP contribution in [0.2, 0.25) is 0 Å².